The second-order valence-electron chi connectivity index (χ2n) is 4.98. The van der Waals surface area contributed by atoms with Crippen LogP contribution >= 0.6 is 0 Å². The molecule has 1 saturated heterocycles. The fourth-order valence-corrected chi connectivity index (χ4v) is 2.57. The van der Waals surface area contributed by atoms with Crippen LogP contribution in [-0.4, -0.2) is 36.7 Å². The summed E-state index contributed by atoms with van der Waals surface area (Å²) in [5.41, 5.74) is 1.28. The predicted molar refractivity (Wildman–Crippen MR) is 66.2 cm³/mol. The highest BCUT2D eigenvalue weighted by atomic mass is 16.5. The van der Waals surface area contributed by atoms with Crippen LogP contribution in [0.15, 0.2) is 12.3 Å². The smallest absolute Gasteiger partial charge is 0.0553 e. The maximum Gasteiger partial charge on any atom is 0.0553 e. The van der Waals surface area contributed by atoms with Gasteiger partial charge in [0.2, 0.25) is 0 Å². The van der Waals surface area contributed by atoms with Crippen molar-refractivity contribution in [1.82, 2.24) is 9.78 Å². The summed E-state index contributed by atoms with van der Waals surface area (Å²) in [5, 5.41) is 4.41. The van der Waals surface area contributed by atoms with E-state index in [2.05, 4.69) is 29.7 Å². The van der Waals surface area contributed by atoms with Crippen molar-refractivity contribution in [2.75, 3.05) is 26.9 Å². The minimum absolute atomic E-state index is 0.394. The molecule has 0 amide bonds. The average molecular weight is 238 g/mol. The number of rotatable bonds is 4. The van der Waals surface area contributed by atoms with Crippen molar-refractivity contribution in [3.8, 4) is 0 Å². The van der Waals surface area contributed by atoms with Gasteiger partial charge in [-0.05, 0) is 32.3 Å². The van der Waals surface area contributed by atoms with Crippen LogP contribution in [0.3, 0.4) is 0 Å². The van der Waals surface area contributed by atoms with Crippen LogP contribution in [0.2, 0.25) is 0 Å². The zero-order valence-corrected chi connectivity index (χ0v) is 10.9. The first-order valence-electron chi connectivity index (χ1n) is 6.34. The van der Waals surface area contributed by atoms with Gasteiger partial charge < -0.3 is 9.47 Å². The molecule has 0 bridgehead atoms. The Hall–Kier alpha value is -0.870. The van der Waals surface area contributed by atoms with E-state index >= 15 is 0 Å². The molecule has 1 aromatic heterocycles. The Labute approximate surface area is 103 Å². The van der Waals surface area contributed by atoms with Gasteiger partial charge in [-0.15, -0.1) is 0 Å². The molecule has 2 rings (SSSR count). The number of ether oxygens (including phenoxy) is 2. The molecule has 1 fully saturated rings. The van der Waals surface area contributed by atoms with Crippen LogP contribution in [0, 0.1) is 5.92 Å². The van der Waals surface area contributed by atoms with Gasteiger partial charge in [-0.1, -0.05) is 0 Å². The molecule has 0 aromatic carbocycles. The number of nitrogens with zero attached hydrogens (tertiary/aromatic N) is 2. The third kappa shape index (κ3) is 2.69. The van der Waals surface area contributed by atoms with Gasteiger partial charge in [0.05, 0.1) is 6.61 Å². The van der Waals surface area contributed by atoms with E-state index in [-0.39, 0.29) is 0 Å². The Morgan fingerprint density at radius 2 is 2.41 bits per heavy atom. The minimum Gasteiger partial charge on any atom is -0.384 e. The summed E-state index contributed by atoms with van der Waals surface area (Å²) in [6.45, 7) is 6.75. The van der Waals surface area contributed by atoms with Crippen LogP contribution < -0.4 is 0 Å². The van der Waals surface area contributed by atoms with Crippen LogP contribution in [0.4, 0.5) is 0 Å². The summed E-state index contributed by atoms with van der Waals surface area (Å²) >= 11 is 0. The lowest BCUT2D eigenvalue weighted by atomic mass is 9.86. The molecule has 0 radical (unpaired) electrons. The number of methoxy groups -OCH3 is 1. The molecule has 2 atom stereocenters. The zero-order chi connectivity index (χ0) is 12.3. The lowest BCUT2D eigenvalue weighted by Gasteiger charge is -2.32. The van der Waals surface area contributed by atoms with Crippen molar-refractivity contribution in [2.45, 2.75) is 32.2 Å². The first-order valence-corrected chi connectivity index (χ1v) is 6.34. The van der Waals surface area contributed by atoms with E-state index in [1.165, 1.54) is 5.69 Å². The Balaban J connectivity index is 2.20. The lowest BCUT2D eigenvalue weighted by Crippen LogP contribution is -2.30. The van der Waals surface area contributed by atoms with Crippen molar-refractivity contribution in [2.24, 2.45) is 5.92 Å². The third-order valence-electron chi connectivity index (χ3n) is 3.45. The second-order valence-corrected chi connectivity index (χ2v) is 4.98. The van der Waals surface area contributed by atoms with Crippen molar-refractivity contribution < 1.29 is 9.47 Å². The standard InChI is InChI=1S/C13H22N2O2/c1-10(2)15-13(4-6-14-15)12-9-17-7-5-11(12)8-16-3/h4,6,10-12H,5,7-9H2,1-3H3/t11-,12-/m0/s1. The summed E-state index contributed by atoms with van der Waals surface area (Å²) < 4.78 is 13.0. The van der Waals surface area contributed by atoms with Gasteiger partial charge in [0.25, 0.3) is 0 Å². The molecular formula is C13H22N2O2. The molecule has 17 heavy (non-hydrogen) atoms. The van der Waals surface area contributed by atoms with Gasteiger partial charge in [0, 0.05) is 44.2 Å². The number of hydrogen-bond acceptors (Lipinski definition) is 3. The first-order chi connectivity index (χ1) is 8.24. The Kier molecular flexibility index (Phi) is 4.18. The van der Waals surface area contributed by atoms with E-state index in [4.69, 9.17) is 9.47 Å². The first kappa shape index (κ1) is 12.6. The molecule has 1 aliphatic heterocycles. The molecule has 1 aromatic rings. The maximum atomic E-state index is 5.62. The van der Waals surface area contributed by atoms with E-state index in [9.17, 15) is 0 Å². The largest absolute Gasteiger partial charge is 0.384 e. The molecule has 4 heteroatoms. The molecule has 0 aliphatic carbocycles. The summed E-state index contributed by atoms with van der Waals surface area (Å²) in [4.78, 5) is 0. The van der Waals surface area contributed by atoms with Crippen molar-refractivity contribution in [3.63, 3.8) is 0 Å². The van der Waals surface area contributed by atoms with E-state index in [1.54, 1.807) is 7.11 Å². The SMILES string of the molecule is COC[C@@H]1CCOC[C@@H]1c1ccnn1C(C)C. The summed E-state index contributed by atoms with van der Waals surface area (Å²) in [6, 6.07) is 2.51. The van der Waals surface area contributed by atoms with Gasteiger partial charge in [-0.25, -0.2) is 0 Å². The predicted octanol–water partition coefficient (Wildman–Crippen LogP) is 2.23. The van der Waals surface area contributed by atoms with Gasteiger partial charge in [0.1, 0.15) is 0 Å². The van der Waals surface area contributed by atoms with Crippen LogP contribution in [0.5, 0.6) is 0 Å². The molecule has 0 N–H and O–H groups in total. The topological polar surface area (TPSA) is 36.3 Å². The Bertz CT molecular complexity index is 347. The fourth-order valence-electron chi connectivity index (χ4n) is 2.57. The maximum absolute atomic E-state index is 5.62. The number of hydrogen-bond donors (Lipinski definition) is 0. The summed E-state index contributed by atoms with van der Waals surface area (Å²) in [5.74, 6) is 0.955. The second kappa shape index (κ2) is 5.65. The highest BCUT2D eigenvalue weighted by Crippen LogP contribution is 2.32. The van der Waals surface area contributed by atoms with Gasteiger partial charge in [-0.3, -0.25) is 4.68 Å². The summed E-state index contributed by atoms with van der Waals surface area (Å²) in [7, 11) is 1.77. The van der Waals surface area contributed by atoms with E-state index < -0.39 is 0 Å². The molecular weight excluding hydrogens is 216 g/mol. The highest BCUT2D eigenvalue weighted by molar-refractivity contribution is 5.11. The van der Waals surface area contributed by atoms with Gasteiger partial charge in [-0.2, -0.15) is 5.10 Å². The van der Waals surface area contributed by atoms with Crippen molar-refractivity contribution in [1.29, 1.82) is 0 Å². The number of aromatic nitrogens is 2. The van der Waals surface area contributed by atoms with Gasteiger partial charge in [0.15, 0.2) is 0 Å². The van der Waals surface area contributed by atoms with E-state index in [1.807, 2.05) is 6.20 Å². The highest BCUT2D eigenvalue weighted by Gasteiger charge is 2.29. The van der Waals surface area contributed by atoms with Crippen LogP contribution in [0.1, 0.15) is 37.9 Å². The van der Waals surface area contributed by atoms with Gasteiger partial charge >= 0.3 is 0 Å². The fraction of sp³-hybridized carbons (Fsp3) is 0.769. The molecule has 1 aliphatic rings. The molecule has 0 spiro atoms. The minimum atomic E-state index is 0.394. The van der Waals surface area contributed by atoms with Crippen LogP contribution in [-0.2, 0) is 9.47 Å². The normalized spacial score (nSPS) is 25.4. The summed E-state index contributed by atoms with van der Waals surface area (Å²) in [6.07, 6.45) is 2.95. The molecule has 2 heterocycles. The third-order valence-corrected chi connectivity index (χ3v) is 3.45. The van der Waals surface area contributed by atoms with Crippen LogP contribution in [0.25, 0.3) is 0 Å². The monoisotopic (exact) mass is 238 g/mol. The van der Waals surface area contributed by atoms with Crippen molar-refractivity contribution >= 4 is 0 Å². The average Bonchev–Trinajstić information content (AvgIpc) is 2.79. The lowest BCUT2D eigenvalue weighted by molar-refractivity contribution is 0.0134. The van der Waals surface area contributed by atoms with Crippen molar-refractivity contribution in [3.05, 3.63) is 18.0 Å². The molecule has 96 valence electrons. The van der Waals surface area contributed by atoms with E-state index in [0.717, 1.165) is 26.2 Å². The zero-order valence-electron chi connectivity index (χ0n) is 10.9. The Morgan fingerprint density at radius 3 is 3.12 bits per heavy atom. The molecule has 4 nitrogen and oxygen atoms in total. The Morgan fingerprint density at radius 1 is 1.59 bits per heavy atom. The quantitative estimate of drug-likeness (QED) is 0.807. The molecule has 0 saturated carbocycles. The molecule has 0 unspecified atom stereocenters. The van der Waals surface area contributed by atoms with E-state index in [0.29, 0.717) is 17.9 Å².